The van der Waals surface area contributed by atoms with Crippen LogP contribution in [0.2, 0.25) is 0 Å². The van der Waals surface area contributed by atoms with Crippen LogP contribution in [0.15, 0.2) is 12.4 Å². The van der Waals surface area contributed by atoms with Crippen molar-refractivity contribution in [2.24, 2.45) is 0 Å². The molecule has 0 spiro atoms. The Morgan fingerprint density at radius 2 is 2.11 bits per heavy atom. The Hall–Kier alpha value is -1.69. The van der Waals surface area contributed by atoms with E-state index >= 15 is 0 Å². The molecule has 0 saturated carbocycles. The quantitative estimate of drug-likeness (QED) is 0.838. The summed E-state index contributed by atoms with van der Waals surface area (Å²) in [5, 5.41) is 11.9. The number of hydrogen-bond donors (Lipinski definition) is 2. The number of nitrogens with one attached hydrogen (secondary N) is 1. The maximum atomic E-state index is 10.7. The first kappa shape index (κ1) is 13.7. The fraction of sp³-hybridized carbons (Fsp3) is 0.615. The lowest BCUT2D eigenvalue weighted by molar-refractivity contribution is 0.0690. The lowest BCUT2D eigenvalue weighted by Crippen LogP contribution is -2.41. The van der Waals surface area contributed by atoms with Crippen molar-refractivity contribution in [2.75, 3.05) is 25.0 Å². The zero-order valence-electron chi connectivity index (χ0n) is 11.2. The summed E-state index contributed by atoms with van der Waals surface area (Å²) in [6.45, 7) is 5.30. The maximum absolute atomic E-state index is 10.7. The number of anilines is 1. The second kappa shape index (κ2) is 6.47. The minimum absolute atomic E-state index is 0.0328. The van der Waals surface area contributed by atoms with Gasteiger partial charge in [-0.05, 0) is 32.9 Å². The first-order valence-electron chi connectivity index (χ1n) is 6.70. The van der Waals surface area contributed by atoms with Gasteiger partial charge in [-0.15, -0.1) is 0 Å². The molecule has 1 atom stereocenters. The number of carboxylic acids is 1. The predicted molar refractivity (Wildman–Crippen MR) is 72.4 cm³/mol. The highest BCUT2D eigenvalue weighted by Crippen LogP contribution is 2.12. The second-order valence-electron chi connectivity index (χ2n) is 4.92. The zero-order valence-corrected chi connectivity index (χ0v) is 11.2. The molecule has 2 N–H and O–H groups in total. The van der Waals surface area contributed by atoms with E-state index in [1.54, 1.807) is 0 Å². The van der Waals surface area contributed by atoms with Gasteiger partial charge in [0.1, 0.15) is 5.82 Å². The van der Waals surface area contributed by atoms with Gasteiger partial charge in [-0.1, -0.05) is 6.42 Å². The fourth-order valence-corrected chi connectivity index (χ4v) is 2.27. The third kappa shape index (κ3) is 3.89. The number of aromatic nitrogens is 2. The normalized spacial score (nSPS) is 17.9. The standard InChI is InChI=1S/C13H20N4O2/c1-10(17-5-3-2-4-6-17)7-15-12-9-14-11(8-16-12)13(18)19/h8-10H,2-7H2,1H3,(H,15,16)(H,18,19). The van der Waals surface area contributed by atoms with Crippen molar-refractivity contribution in [1.82, 2.24) is 14.9 Å². The smallest absolute Gasteiger partial charge is 0.356 e. The highest BCUT2D eigenvalue weighted by Gasteiger charge is 2.16. The molecule has 2 heterocycles. The van der Waals surface area contributed by atoms with Crippen molar-refractivity contribution < 1.29 is 9.90 Å². The molecule has 6 nitrogen and oxygen atoms in total. The maximum Gasteiger partial charge on any atom is 0.356 e. The lowest BCUT2D eigenvalue weighted by atomic mass is 10.1. The molecule has 1 aliphatic heterocycles. The molecule has 1 fully saturated rings. The van der Waals surface area contributed by atoms with E-state index in [2.05, 4.69) is 27.1 Å². The molecule has 19 heavy (non-hydrogen) atoms. The summed E-state index contributed by atoms with van der Waals surface area (Å²) in [4.78, 5) is 21.0. The van der Waals surface area contributed by atoms with E-state index in [1.807, 2.05) is 0 Å². The summed E-state index contributed by atoms with van der Waals surface area (Å²) < 4.78 is 0. The van der Waals surface area contributed by atoms with Crippen LogP contribution in [-0.2, 0) is 0 Å². The number of piperidine rings is 1. The Labute approximate surface area is 112 Å². The van der Waals surface area contributed by atoms with E-state index in [-0.39, 0.29) is 5.69 Å². The summed E-state index contributed by atoms with van der Waals surface area (Å²) in [6, 6.07) is 0.446. The average molecular weight is 264 g/mol. The third-order valence-electron chi connectivity index (χ3n) is 3.46. The van der Waals surface area contributed by atoms with Gasteiger partial charge in [0, 0.05) is 12.6 Å². The highest BCUT2D eigenvalue weighted by molar-refractivity contribution is 5.84. The summed E-state index contributed by atoms with van der Waals surface area (Å²) in [5.41, 5.74) is -0.0328. The number of hydrogen-bond acceptors (Lipinski definition) is 5. The molecule has 0 aliphatic carbocycles. The molecule has 0 amide bonds. The third-order valence-corrected chi connectivity index (χ3v) is 3.46. The molecule has 0 radical (unpaired) electrons. The van der Waals surface area contributed by atoms with Gasteiger partial charge in [0.2, 0.25) is 0 Å². The van der Waals surface area contributed by atoms with E-state index in [0.717, 1.165) is 19.6 Å². The number of carboxylic acid groups (broad SMARTS) is 1. The number of rotatable bonds is 5. The van der Waals surface area contributed by atoms with Crippen molar-refractivity contribution in [3.63, 3.8) is 0 Å². The molecule has 1 saturated heterocycles. The first-order chi connectivity index (χ1) is 9.16. The van der Waals surface area contributed by atoms with Crippen LogP contribution in [0, 0.1) is 0 Å². The Bertz CT molecular complexity index is 415. The Balaban J connectivity index is 1.82. The Morgan fingerprint density at radius 1 is 1.37 bits per heavy atom. The van der Waals surface area contributed by atoms with Gasteiger partial charge in [-0.3, -0.25) is 4.90 Å². The fourth-order valence-electron chi connectivity index (χ4n) is 2.27. The van der Waals surface area contributed by atoms with Crippen LogP contribution in [-0.4, -0.2) is 51.6 Å². The summed E-state index contributed by atoms with van der Waals surface area (Å²) in [7, 11) is 0. The van der Waals surface area contributed by atoms with Gasteiger partial charge in [0.25, 0.3) is 0 Å². The van der Waals surface area contributed by atoms with Gasteiger partial charge in [0.05, 0.1) is 12.4 Å². The van der Waals surface area contributed by atoms with Crippen LogP contribution in [0.4, 0.5) is 5.82 Å². The summed E-state index contributed by atoms with van der Waals surface area (Å²) in [5.74, 6) is -0.436. The van der Waals surface area contributed by atoms with Crippen LogP contribution in [0.25, 0.3) is 0 Å². The van der Waals surface area contributed by atoms with Crippen molar-refractivity contribution in [2.45, 2.75) is 32.2 Å². The lowest BCUT2D eigenvalue weighted by Gasteiger charge is -2.32. The van der Waals surface area contributed by atoms with Gasteiger partial charge in [0.15, 0.2) is 5.69 Å². The van der Waals surface area contributed by atoms with Crippen molar-refractivity contribution in [3.8, 4) is 0 Å². The molecule has 0 aromatic carbocycles. The van der Waals surface area contributed by atoms with Gasteiger partial charge in [-0.2, -0.15) is 0 Å². The first-order valence-corrected chi connectivity index (χ1v) is 6.70. The molecule has 1 aromatic rings. The molecule has 6 heteroatoms. The van der Waals surface area contributed by atoms with Gasteiger partial charge in [-0.25, -0.2) is 14.8 Å². The number of carbonyl (C=O) groups is 1. The monoisotopic (exact) mass is 264 g/mol. The zero-order chi connectivity index (χ0) is 13.7. The summed E-state index contributed by atoms with van der Waals surface area (Å²) >= 11 is 0. The van der Waals surface area contributed by atoms with Crippen molar-refractivity contribution in [3.05, 3.63) is 18.1 Å². The van der Waals surface area contributed by atoms with Gasteiger partial charge < -0.3 is 10.4 Å². The summed E-state index contributed by atoms with van der Waals surface area (Å²) in [6.07, 6.45) is 6.62. The van der Waals surface area contributed by atoms with Crippen LogP contribution in [0.5, 0.6) is 0 Å². The van der Waals surface area contributed by atoms with E-state index in [1.165, 1.54) is 31.7 Å². The van der Waals surface area contributed by atoms with Crippen LogP contribution in [0.1, 0.15) is 36.7 Å². The van der Waals surface area contributed by atoms with Crippen molar-refractivity contribution >= 4 is 11.8 Å². The van der Waals surface area contributed by atoms with Crippen LogP contribution < -0.4 is 5.32 Å². The van der Waals surface area contributed by atoms with Gasteiger partial charge >= 0.3 is 5.97 Å². The average Bonchev–Trinajstić information content (AvgIpc) is 2.46. The highest BCUT2D eigenvalue weighted by atomic mass is 16.4. The Kier molecular flexibility index (Phi) is 4.68. The van der Waals surface area contributed by atoms with E-state index < -0.39 is 5.97 Å². The topological polar surface area (TPSA) is 78.3 Å². The molecule has 2 rings (SSSR count). The van der Waals surface area contributed by atoms with E-state index in [9.17, 15) is 4.79 Å². The Morgan fingerprint density at radius 3 is 2.68 bits per heavy atom. The molecular weight excluding hydrogens is 244 g/mol. The minimum Gasteiger partial charge on any atom is -0.476 e. The van der Waals surface area contributed by atoms with Crippen LogP contribution >= 0.6 is 0 Å². The van der Waals surface area contributed by atoms with E-state index in [0.29, 0.717) is 11.9 Å². The largest absolute Gasteiger partial charge is 0.476 e. The number of aromatic carboxylic acids is 1. The predicted octanol–water partition coefficient (Wildman–Crippen LogP) is 1.46. The molecule has 1 aromatic heterocycles. The number of nitrogens with zero attached hydrogens (tertiary/aromatic N) is 3. The molecule has 104 valence electrons. The number of likely N-dealkylation sites (tertiary alicyclic amines) is 1. The SMILES string of the molecule is CC(CNc1cnc(C(=O)O)cn1)N1CCCCC1. The van der Waals surface area contributed by atoms with Crippen LogP contribution in [0.3, 0.4) is 0 Å². The molecule has 0 bridgehead atoms. The van der Waals surface area contributed by atoms with Crippen molar-refractivity contribution in [1.29, 1.82) is 0 Å². The molecule has 1 aliphatic rings. The molecule has 1 unspecified atom stereocenters. The van der Waals surface area contributed by atoms with E-state index in [4.69, 9.17) is 5.11 Å². The minimum atomic E-state index is -1.05. The second-order valence-corrected chi connectivity index (χ2v) is 4.92. The molecular formula is C13H20N4O2.